The summed E-state index contributed by atoms with van der Waals surface area (Å²) in [6.45, 7) is 4.13. The first-order valence-electron chi connectivity index (χ1n) is 6.31. The van der Waals surface area contributed by atoms with E-state index in [1.807, 2.05) is 19.1 Å². The van der Waals surface area contributed by atoms with Gasteiger partial charge in [0.05, 0.1) is 0 Å². The van der Waals surface area contributed by atoms with Crippen LogP contribution in [0.2, 0.25) is 0 Å². The van der Waals surface area contributed by atoms with E-state index in [1.54, 1.807) is 18.3 Å². The van der Waals surface area contributed by atoms with Gasteiger partial charge in [-0.2, -0.15) is 0 Å². The van der Waals surface area contributed by atoms with E-state index in [4.69, 9.17) is 4.74 Å². The summed E-state index contributed by atoms with van der Waals surface area (Å²) in [4.78, 5) is 18.4. The maximum Gasteiger partial charge on any atom is 0.342 e. The van der Waals surface area contributed by atoms with Gasteiger partial charge in [-0.05, 0) is 31.9 Å². The first-order valence-corrected chi connectivity index (χ1v) is 6.31. The van der Waals surface area contributed by atoms with Crippen molar-refractivity contribution in [3.63, 3.8) is 0 Å². The maximum absolute atomic E-state index is 12.0. The van der Waals surface area contributed by atoms with Gasteiger partial charge in [0.2, 0.25) is 0 Å². The Hall–Kier alpha value is -1.84. The van der Waals surface area contributed by atoms with Crippen molar-refractivity contribution in [2.45, 2.75) is 19.8 Å². The molecule has 1 aromatic heterocycles. The Morgan fingerprint density at radius 1 is 1.50 bits per heavy atom. The van der Waals surface area contributed by atoms with E-state index >= 15 is 0 Å². The zero-order valence-electron chi connectivity index (χ0n) is 10.6. The molecule has 2 heterocycles. The summed E-state index contributed by atoms with van der Waals surface area (Å²) >= 11 is 0. The highest BCUT2D eigenvalue weighted by atomic mass is 16.5. The molecule has 4 nitrogen and oxygen atoms in total. The molecule has 0 atom stereocenters. The van der Waals surface area contributed by atoms with Crippen molar-refractivity contribution >= 4 is 11.8 Å². The number of esters is 1. The molecule has 1 aliphatic rings. The maximum atomic E-state index is 12.0. The topological polar surface area (TPSA) is 42.4 Å². The number of aromatic nitrogens is 1. The fraction of sp³-hybridized carbons (Fsp3) is 0.429. The quantitative estimate of drug-likeness (QED) is 0.604. The van der Waals surface area contributed by atoms with Crippen LogP contribution in [0.4, 0.5) is 5.82 Å². The van der Waals surface area contributed by atoms with Gasteiger partial charge in [-0.3, -0.25) is 0 Å². The van der Waals surface area contributed by atoms with Gasteiger partial charge in [0.1, 0.15) is 18.0 Å². The summed E-state index contributed by atoms with van der Waals surface area (Å²) in [5.74, 6) is 0.448. The van der Waals surface area contributed by atoms with Crippen LogP contribution in [0.5, 0.6) is 0 Å². The van der Waals surface area contributed by atoms with Crippen LogP contribution in [0.1, 0.15) is 30.1 Å². The number of carbonyl (C=O) groups excluding carboxylic acids is 1. The zero-order chi connectivity index (χ0) is 12.8. The zero-order valence-corrected chi connectivity index (χ0v) is 10.6. The highest BCUT2D eigenvalue weighted by molar-refractivity contribution is 5.94. The summed E-state index contributed by atoms with van der Waals surface area (Å²) in [5, 5.41) is 0. The van der Waals surface area contributed by atoms with Gasteiger partial charge < -0.3 is 9.64 Å². The molecular formula is C14H18N2O2. The molecule has 0 aromatic carbocycles. The Kier molecular flexibility index (Phi) is 4.34. The van der Waals surface area contributed by atoms with Crippen LogP contribution in [0.15, 0.2) is 30.5 Å². The van der Waals surface area contributed by atoms with Crippen LogP contribution in [-0.2, 0) is 4.74 Å². The van der Waals surface area contributed by atoms with Crippen molar-refractivity contribution in [3.8, 4) is 0 Å². The lowest BCUT2D eigenvalue weighted by Gasteiger charge is -2.18. The second kappa shape index (κ2) is 6.19. The number of nitrogens with zero attached hydrogens (tertiary/aromatic N) is 2. The minimum Gasteiger partial charge on any atom is -0.458 e. The molecule has 18 heavy (non-hydrogen) atoms. The molecule has 2 rings (SSSR count). The smallest absolute Gasteiger partial charge is 0.342 e. The highest BCUT2D eigenvalue weighted by Gasteiger charge is 2.20. The fourth-order valence-corrected chi connectivity index (χ4v) is 2.04. The van der Waals surface area contributed by atoms with E-state index in [1.165, 1.54) is 0 Å². The van der Waals surface area contributed by atoms with Crippen molar-refractivity contribution in [2.75, 3.05) is 24.6 Å². The Morgan fingerprint density at radius 3 is 3.00 bits per heavy atom. The average Bonchev–Trinajstić information content (AvgIpc) is 2.93. The molecule has 0 amide bonds. The third kappa shape index (κ3) is 2.88. The number of ether oxygens (including phenoxy) is 1. The molecule has 0 N–H and O–H groups in total. The molecule has 1 fully saturated rings. The number of pyridine rings is 1. The number of anilines is 1. The number of hydrogen-bond donors (Lipinski definition) is 0. The highest BCUT2D eigenvalue weighted by Crippen LogP contribution is 2.22. The Bertz CT molecular complexity index is 437. The standard InChI is InChI=1S/C14H18N2O2/c1-2-3-11-18-14(17)12-7-6-8-15-13(12)16-9-4-5-10-16/h2-3,6-8H,4-5,9-11H2,1H3/b3-2+. The molecule has 1 aliphatic heterocycles. The summed E-state index contributed by atoms with van der Waals surface area (Å²) in [5.41, 5.74) is 0.559. The molecule has 0 spiro atoms. The number of allylic oxidation sites excluding steroid dienone is 1. The van der Waals surface area contributed by atoms with E-state index in [0.717, 1.165) is 31.7 Å². The first-order chi connectivity index (χ1) is 8.83. The van der Waals surface area contributed by atoms with Gasteiger partial charge in [0.15, 0.2) is 0 Å². The minimum atomic E-state index is -0.303. The van der Waals surface area contributed by atoms with Crippen molar-refractivity contribution < 1.29 is 9.53 Å². The molecule has 0 aliphatic carbocycles. The molecule has 4 heteroatoms. The second-order valence-corrected chi connectivity index (χ2v) is 4.24. The molecule has 1 saturated heterocycles. The third-order valence-electron chi connectivity index (χ3n) is 2.96. The monoisotopic (exact) mass is 246 g/mol. The lowest BCUT2D eigenvalue weighted by Crippen LogP contribution is -2.22. The molecule has 96 valence electrons. The number of hydrogen-bond acceptors (Lipinski definition) is 4. The van der Waals surface area contributed by atoms with Crippen molar-refractivity contribution in [3.05, 3.63) is 36.0 Å². The van der Waals surface area contributed by atoms with Gasteiger partial charge in [0, 0.05) is 19.3 Å². The Balaban J connectivity index is 2.13. The van der Waals surface area contributed by atoms with Crippen LogP contribution in [0.25, 0.3) is 0 Å². The van der Waals surface area contributed by atoms with Gasteiger partial charge in [-0.15, -0.1) is 0 Å². The van der Waals surface area contributed by atoms with Gasteiger partial charge >= 0.3 is 5.97 Å². The number of rotatable bonds is 4. The van der Waals surface area contributed by atoms with E-state index in [2.05, 4.69) is 9.88 Å². The molecule has 0 radical (unpaired) electrons. The second-order valence-electron chi connectivity index (χ2n) is 4.24. The van der Waals surface area contributed by atoms with Crippen LogP contribution < -0.4 is 4.90 Å². The van der Waals surface area contributed by atoms with Gasteiger partial charge in [-0.25, -0.2) is 9.78 Å². The van der Waals surface area contributed by atoms with Crippen LogP contribution in [0, 0.1) is 0 Å². The lowest BCUT2D eigenvalue weighted by atomic mass is 10.2. The summed E-state index contributed by atoms with van der Waals surface area (Å²) in [7, 11) is 0. The van der Waals surface area contributed by atoms with E-state index < -0.39 is 0 Å². The molecule has 0 unspecified atom stereocenters. The van der Waals surface area contributed by atoms with Crippen molar-refractivity contribution in [1.82, 2.24) is 4.98 Å². The molecule has 1 aromatic rings. The van der Waals surface area contributed by atoms with E-state index in [0.29, 0.717) is 12.2 Å². The van der Waals surface area contributed by atoms with Crippen molar-refractivity contribution in [2.24, 2.45) is 0 Å². The average molecular weight is 246 g/mol. The summed E-state index contributed by atoms with van der Waals surface area (Å²) < 4.78 is 5.18. The lowest BCUT2D eigenvalue weighted by molar-refractivity contribution is 0.0550. The molecule has 0 bridgehead atoms. The van der Waals surface area contributed by atoms with E-state index in [9.17, 15) is 4.79 Å². The molecular weight excluding hydrogens is 228 g/mol. The normalized spacial score (nSPS) is 15.3. The fourth-order valence-electron chi connectivity index (χ4n) is 2.04. The Morgan fingerprint density at radius 2 is 2.28 bits per heavy atom. The predicted octanol–water partition coefficient (Wildman–Crippen LogP) is 2.41. The van der Waals surface area contributed by atoms with Crippen LogP contribution in [-0.4, -0.2) is 30.6 Å². The largest absolute Gasteiger partial charge is 0.458 e. The van der Waals surface area contributed by atoms with Crippen LogP contribution >= 0.6 is 0 Å². The van der Waals surface area contributed by atoms with Gasteiger partial charge in [0.25, 0.3) is 0 Å². The third-order valence-corrected chi connectivity index (χ3v) is 2.96. The summed E-state index contributed by atoms with van der Waals surface area (Å²) in [6, 6.07) is 3.55. The predicted molar refractivity (Wildman–Crippen MR) is 70.8 cm³/mol. The minimum absolute atomic E-state index is 0.303. The van der Waals surface area contributed by atoms with Crippen LogP contribution in [0.3, 0.4) is 0 Å². The SMILES string of the molecule is C/C=C/COC(=O)c1cccnc1N1CCCC1. The van der Waals surface area contributed by atoms with Crippen molar-refractivity contribution in [1.29, 1.82) is 0 Å². The first kappa shape index (κ1) is 12.6. The van der Waals surface area contributed by atoms with Gasteiger partial charge in [-0.1, -0.05) is 12.2 Å². The number of carbonyl (C=O) groups is 1. The molecule has 0 saturated carbocycles. The Labute approximate surface area is 107 Å². The summed E-state index contributed by atoms with van der Waals surface area (Å²) in [6.07, 6.45) is 7.70. The van der Waals surface area contributed by atoms with E-state index in [-0.39, 0.29) is 5.97 Å².